The van der Waals surface area contributed by atoms with Crippen molar-refractivity contribution in [1.29, 1.82) is 0 Å². The summed E-state index contributed by atoms with van der Waals surface area (Å²) in [5.41, 5.74) is 1.60. The molecular weight excluding hydrogens is 586 g/mol. The van der Waals surface area contributed by atoms with E-state index < -0.39 is 16.9 Å². The van der Waals surface area contributed by atoms with Gasteiger partial charge in [0.25, 0.3) is 5.91 Å². The van der Waals surface area contributed by atoms with Crippen LogP contribution in [-0.2, 0) is 4.79 Å². The molecule has 2 aromatic carbocycles. The molecular formula is C32H36BrN3O5. The molecule has 1 saturated heterocycles. The van der Waals surface area contributed by atoms with Crippen LogP contribution in [0.4, 0.5) is 5.82 Å². The van der Waals surface area contributed by atoms with Crippen LogP contribution in [0.15, 0.2) is 40.9 Å². The Hall–Kier alpha value is -3.33. The summed E-state index contributed by atoms with van der Waals surface area (Å²) < 4.78 is 12.4. The molecule has 0 unspecified atom stereocenters. The number of aromatic nitrogens is 1. The highest BCUT2D eigenvalue weighted by Gasteiger charge is 2.59. The largest absolute Gasteiger partial charge is 0.496 e. The van der Waals surface area contributed by atoms with Gasteiger partial charge in [0.15, 0.2) is 0 Å². The Labute approximate surface area is 248 Å². The SMILES string of the molecule is COc1cccc(OC)c1[C@H]1CC2(C(=O)O)CCC1(NC(=O)c1c(C)c(N3CCCC3)nc3ccc(Br)cc13)CC2. The molecule has 0 radical (unpaired) electrons. The predicted octanol–water partition coefficient (Wildman–Crippen LogP) is 6.22. The maximum Gasteiger partial charge on any atom is 0.309 e. The molecule has 2 N–H and O–H groups in total. The summed E-state index contributed by atoms with van der Waals surface area (Å²) in [4.78, 5) is 34.4. The fourth-order valence-electron chi connectivity index (χ4n) is 7.56. The first-order valence-corrected chi connectivity index (χ1v) is 15.1. The Balaban J connectivity index is 1.48. The quantitative estimate of drug-likeness (QED) is 0.323. The Morgan fingerprint density at radius 2 is 1.71 bits per heavy atom. The van der Waals surface area contributed by atoms with Crippen LogP contribution < -0.4 is 19.7 Å². The number of ether oxygens (including phenoxy) is 2. The van der Waals surface area contributed by atoms with Gasteiger partial charge in [0.05, 0.1) is 30.7 Å². The van der Waals surface area contributed by atoms with Crippen LogP contribution in [0.2, 0.25) is 0 Å². The van der Waals surface area contributed by atoms with E-state index in [1.807, 2.05) is 43.3 Å². The first kappa shape index (κ1) is 27.8. The lowest BCUT2D eigenvalue weighted by molar-refractivity contribution is -0.157. The second-order valence-corrected chi connectivity index (χ2v) is 12.7. The van der Waals surface area contributed by atoms with Crippen molar-refractivity contribution in [3.05, 3.63) is 57.6 Å². The fourth-order valence-corrected chi connectivity index (χ4v) is 7.93. The Bertz CT molecular complexity index is 1500. The van der Waals surface area contributed by atoms with Gasteiger partial charge in [-0.25, -0.2) is 4.98 Å². The van der Waals surface area contributed by atoms with Gasteiger partial charge in [0, 0.05) is 45.5 Å². The molecule has 4 aliphatic rings. The van der Waals surface area contributed by atoms with Gasteiger partial charge in [-0.15, -0.1) is 0 Å². The number of fused-ring (bicyclic) bond motifs is 4. The monoisotopic (exact) mass is 621 g/mol. The van der Waals surface area contributed by atoms with Gasteiger partial charge < -0.3 is 24.8 Å². The van der Waals surface area contributed by atoms with Crippen LogP contribution in [0.25, 0.3) is 10.9 Å². The van der Waals surface area contributed by atoms with Gasteiger partial charge in [-0.3, -0.25) is 9.59 Å². The zero-order valence-corrected chi connectivity index (χ0v) is 25.3. The van der Waals surface area contributed by atoms with Crippen molar-refractivity contribution < 1.29 is 24.2 Å². The number of hydrogen-bond donors (Lipinski definition) is 2. The number of carboxylic acids is 1. The van der Waals surface area contributed by atoms with Crippen LogP contribution >= 0.6 is 15.9 Å². The summed E-state index contributed by atoms with van der Waals surface area (Å²) in [6.45, 7) is 3.84. The molecule has 0 spiro atoms. The van der Waals surface area contributed by atoms with E-state index >= 15 is 0 Å². The summed E-state index contributed by atoms with van der Waals surface area (Å²) in [7, 11) is 3.23. The smallest absolute Gasteiger partial charge is 0.309 e. The van der Waals surface area contributed by atoms with Crippen molar-refractivity contribution in [2.75, 3.05) is 32.2 Å². The third kappa shape index (κ3) is 4.53. The molecule has 3 aromatic rings. The topological polar surface area (TPSA) is 101 Å². The highest BCUT2D eigenvalue weighted by molar-refractivity contribution is 9.10. The van der Waals surface area contributed by atoms with E-state index in [9.17, 15) is 14.7 Å². The minimum atomic E-state index is -0.837. The normalized spacial score (nSPS) is 25.4. The number of methoxy groups -OCH3 is 2. The second kappa shape index (κ2) is 10.5. The van der Waals surface area contributed by atoms with Gasteiger partial charge in [0.2, 0.25) is 0 Å². The molecule has 1 amide bonds. The van der Waals surface area contributed by atoms with Crippen molar-refractivity contribution >= 4 is 44.5 Å². The number of aliphatic carboxylic acids is 1. The van der Waals surface area contributed by atoms with Gasteiger partial charge in [-0.2, -0.15) is 0 Å². The number of benzene rings is 2. The Kier molecular flexibility index (Phi) is 7.12. The number of anilines is 1. The van der Waals surface area contributed by atoms with Crippen LogP contribution in [0, 0.1) is 12.3 Å². The Morgan fingerprint density at radius 1 is 1.05 bits per heavy atom. The van der Waals surface area contributed by atoms with E-state index in [1.165, 1.54) is 0 Å². The third-order valence-corrected chi connectivity index (χ3v) is 10.3. The number of carbonyl (C=O) groups is 2. The fraction of sp³-hybridized carbons (Fsp3) is 0.469. The molecule has 2 heterocycles. The van der Waals surface area contributed by atoms with Crippen LogP contribution in [-0.4, -0.2) is 54.8 Å². The number of halogens is 1. The summed E-state index contributed by atoms with van der Waals surface area (Å²) in [5, 5.41) is 14.6. The molecule has 7 rings (SSSR count). The van der Waals surface area contributed by atoms with E-state index in [4.69, 9.17) is 14.5 Å². The lowest BCUT2D eigenvalue weighted by Crippen LogP contribution is -2.62. The molecule has 8 nitrogen and oxygen atoms in total. The van der Waals surface area contributed by atoms with E-state index in [2.05, 4.69) is 26.1 Å². The van der Waals surface area contributed by atoms with E-state index in [1.54, 1.807) is 14.2 Å². The van der Waals surface area contributed by atoms with Gasteiger partial charge in [-0.1, -0.05) is 22.0 Å². The van der Waals surface area contributed by atoms with Crippen LogP contribution in [0.1, 0.15) is 72.3 Å². The van der Waals surface area contributed by atoms with Crippen LogP contribution in [0.5, 0.6) is 11.5 Å². The Morgan fingerprint density at radius 3 is 2.32 bits per heavy atom. The molecule has 41 heavy (non-hydrogen) atoms. The number of nitrogens with one attached hydrogen (secondary N) is 1. The van der Waals surface area contributed by atoms with E-state index in [-0.39, 0.29) is 11.8 Å². The highest BCUT2D eigenvalue weighted by Crippen LogP contribution is 2.61. The average Bonchev–Trinajstić information content (AvgIpc) is 3.51. The number of amides is 1. The van der Waals surface area contributed by atoms with Gasteiger partial charge in [0.1, 0.15) is 17.3 Å². The first-order valence-electron chi connectivity index (χ1n) is 14.3. The zero-order valence-electron chi connectivity index (χ0n) is 23.8. The zero-order chi connectivity index (χ0) is 28.9. The number of hydrogen-bond acceptors (Lipinski definition) is 6. The summed E-state index contributed by atoms with van der Waals surface area (Å²) >= 11 is 3.59. The molecule has 4 fully saturated rings. The summed E-state index contributed by atoms with van der Waals surface area (Å²) in [5.74, 6) is 0.919. The van der Waals surface area contributed by atoms with Crippen molar-refractivity contribution in [2.45, 2.75) is 63.3 Å². The molecule has 216 valence electrons. The minimum absolute atomic E-state index is 0.156. The van der Waals surface area contributed by atoms with Crippen molar-refractivity contribution in [3.8, 4) is 11.5 Å². The number of carboxylic acid groups (broad SMARTS) is 1. The number of nitrogens with zero attached hydrogens (tertiary/aromatic N) is 2. The van der Waals surface area contributed by atoms with Crippen molar-refractivity contribution in [3.63, 3.8) is 0 Å². The number of carbonyl (C=O) groups excluding carboxylic acids is 1. The maximum absolute atomic E-state index is 14.6. The van der Waals surface area contributed by atoms with Gasteiger partial charge >= 0.3 is 5.97 Å². The first-order chi connectivity index (χ1) is 19.7. The molecule has 3 aliphatic carbocycles. The molecule has 2 bridgehead atoms. The maximum atomic E-state index is 14.6. The van der Waals surface area contributed by atoms with E-state index in [0.29, 0.717) is 49.2 Å². The van der Waals surface area contributed by atoms with Crippen LogP contribution in [0.3, 0.4) is 0 Å². The standard InChI is InChI=1S/C32H36BrN3O5/c1-19-26(21-17-20(33)9-10-23(21)34-28(19)36-15-4-5-16-36)29(37)35-32-13-11-31(12-14-32,30(38)39)18-22(32)27-24(40-2)7-6-8-25(27)41-3/h6-10,17,22H,4-5,11-16,18H2,1-3H3,(H,35,37)(H,38,39)/t22-,31?,32?/m1/s1. The third-order valence-electron chi connectivity index (χ3n) is 9.79. The second-order valence-electron chi connectivity index (χ2n) is 11.8. The molecule has 1 aromatic heterocycles. The summed E-state index contributed by atoms with van der Waals surface area (Å²) in [6, 6.07) is 11.5. The molecule has 9 heteroatoms. The molecule has 1 aliphatic heterocycles. The highest BCUT2D eigenvalue weighted by atomic mass is 79.9. The summed E-state index contributed by atoms with van der Waals surface area (Å²) in [6.07, 6.45) is 4.76. The number of rotatable bonds is 7. The lowest BCUT2D eigenvalue weighted by Gasteiger charge is -2.56. The predicted molar refractivity (Wildman–Crippen MR) is 161 cm³/mol. The minimum Gasteiger partial charge on any atom is -0.496 e. The average molecular weight is 623 g/mol. The molecule has 3 saturated carbocycles. The van der Waals surface area contributed by atoms with Crippen molar-refractivity contribution in [2.24, 2.45) is 5.41 Å². The lowest BCUT2D eigenvalue weighted by atomic mass is 9.51. The molecule has 1 atom stereocenters. The van der Waals surface area contributed by atoms with Gasteiger partial charge in [-0.05, 0) is 82.2 Å². The van der Waals surface area contributed by atoms with E-state index in [0.717, 1.165) is 58.3 Å². The number of pyridine rings is 1. The van der Waals surface area contributed by atoms with Crippen molar-refractivity contribution in [1.82, 2.24) is 10.3 Å².